The van der Waals surface area contributed by atoms with Gasteiger partial charge < -0.3 is 15.0 Å². The fraction of sp³-hybridized carbons (Fsp3) is 0.600. The lowest BCUT2D eigenvalue weighted by Crippen LogP contribution is -2.28. The summed E-state index contributed by atoms with van der Waals surface area (Å²) in [4.78, 5) is 1.83. The number of methoxy groups -OCH3 is 1. The topological polar surface area (TPSA) is 24.5 Å². The van der Waals surface area contributed by atoms with E-state index in [1.807, 2.05) is 11.8 Å². The Morgan fingerprint density at radius 3 is 2.60 bits per heavy atom. The smallest absolute Gasteiger partial charge is 0.149 e. The minimum absolute atomic E-state index is 0.121. The van der Waals surface area contributed by atoms with Crippen LogP contribution in [0.1, 0.15) is 25.3 Å². The fourth-order valence-corrected chi connectivity index (χ4v) is 2.67. The maximum absolute atomic E-state index is 14.2. The normalized spacial score (nSPS) is 18.8. The molecule has 1 atom stereocenters. The highest BCUT2D eigenvalue weighted by Gasteiger charge is 2.26. The Morgan fingerprint density at radius 2 is 2.05 bits per heavy atom. The summed E-state index contributed by atoms with van der Waals surface area (Å²) < 4.78 is 33.3. The van der Waals surface area contributed by atoms with Gasteiger partial charge in [0.1, 0.15) is 17.3 Å². The second-order valence-electron chi connectivity index (χ2n) is 5.26. The predicted octanol–water partition coefficient (Wildman–Crippen LogP) is 2.69. The first-order chi connectivity index (χ1) is 9.63. The van der Waals surface area contributed by atoms with Gasteiger partial charge in [-0.25, -0.2) is 8.78 Å². The van der Waals surface area contributed by atoms with Crippen LogP contribution in [0.15, 0.2) is 12.1 Å². The van der Waals surface area contributed by atoms with Crippen LogP contribution in [0.5, 0.6) is 0 Å². The molecular formula is C15H22F2N2O. The van der Waals surface area contributed by atoms with Gasteiger partial charge in [0.05, 0.1) is 6.61 Å². The van der Waals surface area contributed by atoms with E-state index in [4.69, 9.17) is 4.74 Å². The lowest BCUT2D eigenvalue weighted by molar-refractivity contribution is 0.199. The summed E-state index contributed by atoms with van der Waals surface area (Å²) >= 11 is 0. The van der Waals surface area contributed by atoms with E-state index in [9.17, 15) is 8.78 Å². The molecule has 0 aliphatic carbocycles. The van der Waals surface area contributed by atoms with Gasteiger partial charge in [-0.15, -0.1) is 0 Å². The summed E-state index contributed by atoms with van der Waals surface area (Å²) in [5.41, 5.74) is 0.738. The number of rotatable bonds is 6. The SMILES string of the molecule is COCCNCc1cc(F)c(N2CCCC2C)c(F)c1. The van der Waals surface area contributed by atoms with Gasteiger partial charge in [0, 0.05) is 32.8 Å². The van der Waals surface area contributed by atoms with Crippen LogP contribution >= 0.6 is 0 Å². The summed E-state index contributed by atoms with van der Waals surface area (Å²) in [7, 11) is 1.62. The summed E-state index contributed by atoms with van der Waals surface area (Å²) in [6.45, 7) is 4.40. The molecule has 0 saturated carbocycles. The zero-order valence-electron chi connectivity index (χ0n) is 12.1. The van der Waals surface area contributed by atoms with Crippen LogP contribution in [0.2, 0.25) is 0 Å². The zero-order chi connectivity index (χ0) is 14.5. The number of ether oxygens (including phenoxy) is 1. The Bertz CT molecular complexity index is 430. The van der Waals surface area contributed by atoms with Crippen molar-refractivity contribution in [2.24, 2.45) is 0 Å². The summed E-state index contributed by atoms with van der Waals surface area (Å²) in [5, 5.41) is 3.08. The molecule has 1 fully saturated rings. The number of nitrogens with zero attached hydrogens (tertiary/aromatic N) is 1. The van der Waals surface area contributed by atoms with Crippen LogP contribution in [0.4, 0.5) is 14.5 Å². The number of nitrogens with one attached hydrogen (secondary N) is 1. The molecule has 2 rings (SSSR count). The van der Waals surface area contributed by atoms with Crippen molar-refractivity contribution >= 4 is 5.69 Å². The minimum Gasteiger partial charge on any atom is -0.383 e. The highest BCUT2D eigenvalue weighted by molar-refractivity contribution is 5.52. The molecule has 1 heterocycles. The third-order valence-corrected chi connectivity index (χ3v) is 3.73. The number of hydrogen-bond acceptors (Lipinski definition) is 3. The van der Waals surface area contributed by atoms with Gasteiger partial charge in [-0.1, -0.05) is 0 Å². The number of anilines is 1. The Kier molecular flexibility index (Phi) is 5.31. The Balaban J connectivity index is 2.08. The van der Waals surface area contributed by atoms with Gasteiger partial charge in [-0.3, -0.25) is 0 Å². The predicted molar refractivity (Wildman–Crippen MR) is 76.0 cm³/mol. The molecule has 5 heteroatoms. The van der Waals surface area contributed by atoms with Gasteiger partial charge in [-0.2, -0.15) is 0 Å². The average Bonchev–Trinajstić information content (AvgIpc) is 2.80. The second kappa shape index (κ2) is 6.99. The van der Waals surface area contributed by atoms with Gasteiger partial charge in [-0.05, 0) is 37.5 Å². The number of halogens is 2. The van der Waals surface area contributed by atoms with E-state index in [1.54, 1.807) is 7.11 Å². The number of hydrogen-bond donors (Lipinski definition) is 1. The van der Waals surface area contributed by atoms with Crippen molar-refractivity contribution in [1.29, 1.82) is 0 Å². The monoisotopic (exact) mass is 284 g/mol. The first kappa shape index (κ1) is 15.2. The average molecular weight is 284 g/mol. The van der Waals surface area contributed by atoms with Crippen LogP contribution in [0.3, 0.4) is 0 Å². The van der Waals surface area contributed by atoms with E-state index >= 15 is 0 Å². The van der Waals surface area contributed by atoms with Crippen LogP contribution in [-0.4, -0.2) is 32.8 Å². The molecule has 112 valence electrons. The molecule has 1 saturated heterocycles. The summed E-state index contributed by atoms with van der Waals surface area (Å²) in [6, 6.07) is 3.04. The number of benzene rings is 1. The lowest BCUT2D eigenvalue weighted by atomic mass is 10.1. The van der Waals surface area contributed by atoms with Crippen LogP contribution in [-0.2, 0) is 11.3 Å². The molecule has 1 aromatic carbocycles. The first-order valence-electron chi connectivity index (χ1n) is 7.07. The maximum Gasteiger partial charge on any atom is 0.149 e. The van der Waals surface area contributed by atoms with Crippen molar-refractivity contribution < 1.29 is 13.5 Å². The second-order valence-corrected chi connectivity index (χ2v) is 5.26. The van der Waals surface area contributed by atoms with Crippen molar-refractivity contribution in [3.05, 3.63) is 29.3 Å². The van der Waals surface area contributed by atoms with Crippen molar-refractivity contribution in [2.75, 3.05) is 31.7 Å². The minimum atomic E-state index is -0.470. The first-order valence-corrected chi connectivity index (χ1v) is 7.07. The third kappa shape index (κ3) is 3.46. The van der Waals surface area contributed by atoms with Crippen molar-refractivity contribution in [3.63, 3.8) is 0 Å². The molecule has 1 aromatic rings. The molecule has 0 aromatic heterocycles. The molecule has 1 aliphatic heterocycles. The van der Waals surface area contributed by atoms with E-state index < -0.39 is 11.6 Å². The van der Waals surface area contributed by atoms with Gasteiger partial charge >= 0.3 is 0 Å². The molecule has 1 N–H and O–H groups in total. The Labute approximate surface area is 118 Å². The standard InChI is InChI=1S/C15H22F2N2O/c1-11-4-3-6-19(11)15-13(16)8-12(9-14(15)17)10-18-5-7-20-2/h8-9,11,18H,3-7,10H2,1-2H3. The lowest BCUT2D eigenvalue weighted by Gasteiger charge is -2.25. The van der Waals surface area contributed by atoms with E-state index in [1.165, 1.54) is 12.1 Å². The molecule has 0 amide bonds. The van der Waals surface area contributed by atoms with Crippen molar-refractivity contribution in [3.8, 4) is 0 Å². The molecule has 20 heavy (non-hydrogen) atoms. The van der Waals surface area contributed by atoms with Crippen LogP contribution < -0.4 is 10.2 Å². The molecule has 0 radical (unpaired) electrons. The van der Waals surface area contributed by atoms with Crippen molar-refractivity contribution in [2.45, 2.75) is 32.4 Å². The molecule has 3 nitrogen and oxygen atoms in total. The van der Waals surface area contributed by atoms with E-state index in [2.05, 4.69) is 5.32 Å². The van der Waals surface area contributed by atoms with Crippen LogP contribution in [0.25, 0.3) is 0 Å². The Hall–Kier alpha value is -1.20. The highest BCUT2D eigenvalue weighted by atomic mass is 19.1. The highest BCUT2D eigenvalue weighted by Crippen LogP contribution is 2.31. The van der Waals surface area contributed by atoms with Gasteiger partial charge in [0.25, 0.3) is 0 Å². The van der Waals surface area contributed by atoms with Crippen molar-refractivity contribution in [1.82, 2.24) is 5.32 Å². The summed E-state index contributed by atoms with van der Waals surface area (Å²) in [5.74, 6) is -0.940. The van der Waals surface area contributed by atoms with Gasteiger partial charge in [0.2, 0.25) is 0 Å². The van der Waals surface area contributed by atoms with Gasteiger partial charge in [0.15, 0.2) is 0 Å². The largest absolute Gasteiger partial charge is 0.383 e. The molecule has 1 unspecified atom stereocenters. The zero-order valence-corrected chi connectivity index (χ0v) is 12.1. The molecule has 1 aliphatic rings. The van der Waals surface area contributed by atoms with Crippen LogP contribution in [0, 0.1) is 11.6 Å². The van der Waals surface area contributed by atoms with E-state index in [0.717, 1.165) is 19.4 Å². The molecular weight excluding hydrogens is 262 g/mol. The Morgan fingerprint density at radius 1 is 1.35 bits per heavy atom. The molecule has 0 bridgehead atoms. The molecule has 0 spiro atoms. The van der Waals surface area contributed by atoms with E-state index in [-0.39, 0.29) is 11.7 Å². The quantitative estimate of drug-likeness (QED) is 0.813. The fourth-order valence-electron chi connectivity index (χ4n) is 2.67. The maximum atomic E-state index is 14.2. The summed E-state index contributed by atoms with van der Waals surface area (Å²) in [6.07, 6.45) is 1.97. The van der Waals surface area contributed by atoms with E-state index in [0.29, 0.717) is 25.3 Å². The third-order valence-electron chi connectivity index (χ3n) is 3.73.